The normalized spacial score (nSPS) is 19.0. The molecule has 1 aromatic carbocycles. The van der Waals surface area contributed by atoms with Crippen LogP contribution in [0.1, 0.15) is 36.8 Å². The Bertz CT molecular complexity index is 1250. The largest absolute Gasteiger partial charge is 0.405 e. The number of piperazine rings is 1. The van der Waals surface area contributed by atoms with Gasteiger partial charge in [0.15, 0.2) is 0 Å². The Hall–Kier alpha value is -1.74. The van der Waals surface area contributed by atoms with Gasteiger partial charge in [-0.05, 0) is 67.0 Å². The number of pyridine rings is 1. The molecule has 0 bridgehead atoms. The highest BCUT2D eigenvalue weighted by molar-refractivity contribution is 14.2. The van der Waals surface area contributed by atoms with Gasteiger partial charge in [-0.3, -0.25) is 9.80 Å². The molecule has 1 aromatic heterocycles. The van der Waals surface area contributed by atoms with Crippen LogP contribution in [0.25, 0.3) is 0 Å². The number of halogens is 7. The number of amides is 2. The summed E-state index contributed by atoms with van der Waals surface area (Å²) in [4.78, 5) is 23.4. The third-order valence-corrected chi connectivity index (χ3v) is 9.89. The lowest BCUT2D eigenvalue weighted by atomic mass is 9.97. The van der Waals surface area contributed by atoms with Crippen LogP contribution >= 0.6 is 43.9 Å². The first-order chi connectivity index (χ1) is 20.5. The Kier molecular flexibility index (Phi) is 12.7. The SMILES string of the molecule is C=ICCC[C@H]1CN(c2ncc(CNC(=O)NCC(F)(F)F)cc2Cl)CCN1C1CCN(Cc2ccc(Cl)cc2F)CC1. The zero-order valence-corrected chi connectivity index (χ0v) is 27.5. The number of nitrogens with zero attached hydrogens (tertiary/aromatic N) is 4. The molecule has 0 saturated carbocycles. The third kappa shape index (κ3) is 10.4. The number of likely N-dealkylation sites (tertiary alicyclic amines) is 1. The fourth-order valence-corrected chi connectivity index (χ4v) is 7.18. The number of benzene rings is 1. The molecule has 7 nitrogen and oxygen atoms in total. The summed E-state index contributed by atoms with van der Waals surface area (Å²) in [5.41, 5.74) is 1.26. The molecule has 14 heteroatoms. The van der Waals surface area contributed by atoms with Gasteiger partial charge in [0.1, 0.15) is 18.2 Å². The van der Waals surface area contributed by atoms with Crippen LogP contribution in [0.3, 0.4) is 0 Å². The number of hydrogen-bond acceptors (Lipinski definition) is 5. The Morgan fingerprint density at radius 3 is 2.56 bits per heavy atom. The van der Waals surface area contributed by atoms with Crippen molar-refractivity contribution < 1.29 is 22.4 Å². The van der Waals surface area contributed by atoms with Crippen molar-refractivity contribution in [3.63, 3.8) is 0 Å². The minimum absolute atomic E-state index is 0.00455. The molecule has 0 unspecified atom stereocenters. The summed E-state index contributed by atoms with van der Waals surface area (Å²) in [6, 6.07) is 6.44. The van der Waals surface area contributed by atoms with Crippen LogP contribution in [0.2, 0.25) is 10.0 Å². The Morgan fingerprint density at radius 1 is 1.12 bits per heavy atom. The maximum Gasteiger partial charge on any atom is 0.405 e. The highest BCUT2D eigenvalue weighted by Crippen LogP contribution is 2.31. The summed E-state index contributed by atoms with van der Waals surface area (Å²) >= 11 is 12.5. The molecule has 2 fully saturated rings. The molecular weight excluding hydrogens is 722 g/mol. The second kappa shape index (κ2) is 16.0. The van der Waals surface area contributed by atoms with E-state index in [-0.39, 0.29) is 33.1 Å². The van der Waals surface area contributed by atoms with E-state index in [2.05, 4.69) is 29.5 Å². The van der Waals surface area contributed by atoms with Crippen LogP contribution in [-0.2, 0) is 13.1 Å². The van der Waals surface area contributed by atoms with Crippen LogP contribution in [0.4, 0.5) is 28.2 Å². The Morgan fingerprint density at radius 2 is 1.88 bits per heavy atom. The summed E-state index contributed by atoms with van der Waals surface area (Å²) in [7, 11) is 0. The highest BCUT2D eigenvalue weighted by atomic mass is 127. The molecule has 2 aliphatic heterocycles. The number of urea groups is 1. The smallest absolute Gasteiger partial charge is 0.353 e. The maximum atomic E-state index is 14.3. The van der Waals surface area contributed by atoms with Gasteiger partial charge in [0.2, 0.25) is 0 Å². The molecule has 4 rings (SSSR count). The topological polar surface area (TPSA) is 63.7 Å². The highest BCUT2D eigenvalue weighted by Gasteiger charge is 2.34. The minimum Gasteiger partial charge on any atom is -0.353 e. The van der Waals surface area contributed by atoms with Crippen LogP contribution in [0.5, 0.6) is 0 Å². The predicted molar refractivity (Wildman–Crippen MR) is 173 cm³/mol. The molecule has 1 atom stereocenters. The molecule has 0 aliphatic carbocycles. The molecule has 0 radical (unpaired) electrons. The molecule has 3 heterocycles. The van der Waals surface area contributed by atoms with Gasteiger partial charge in [-0.2, -0.15) is 13.2 Å². The second-order valence-corrected chi connectivity index (χ2v) is 13.9. The lowest BCUT2D eigenvalue weighted by molar-refractivity contribution is -0.122. The van der Waals surface area contributed by atoms with Crippen molar-refractivity contribution in [3.8, 4) is 0 Å². The van der Waals surface area contributed by atoms with E-state index in [4.69, 9.17) is 23.2 Å². The van der Waals surface area contributed by atoms with Crippen LogP contribution < -0.4 is 15.5 Å². The van der Waals surface area contributed by atoms with Crippen LogP contribution in [0.15, 0.2) is 30.5 Å². The summed E-state index contributed by atoms with van der Waals surface area (Å²) in [6.45, 7) is 3.42. The van der Waals surface area contributed by atoms with Crippen molar-refractivity contribution in [2.75, 3.05) is 48.6 Å². The molecule has 2 aromatic rings. The molecule has 0 spiro atoms. The number of anilines is 1. The predicted octanol–water partition coefficient (Wildman–Crippen LogP) is 6.23. The lowest BCUT2D eigenvalue weighted by Crippen LogP contribution is -2.58. The van der Waals surface area contributed by atoms with Crippen molar-refractivity contribution in [2.45, 2.75) is 57.0 Å². The molecule has 2 N–H and O–H groups in total. The van der Waals surface area contributed by atoms with Crippen molar-refractivity contribution in [1.29, 1.82) is 0 Å². The molecule has 238 valence electrons. The van der Waals surface area contributed by atoms with Gasteiger partial charge in [0.05, 0.1) is 5.02 Å². The monoisotopic (exact) mass is 758 g/mol. The minimum atomic E-state index is -4.48. The van der Waals surface area contributed by atoms with E-state index in [0.29, 0.717) is 45.6 Å². The van der Waals surface area contributed by atoms with Crippen molar-refractivity contribution in [1.82, 2.24) is 25.4 Å². The van der Waals surface area contributed by atoms with Gasteiger partial charge >= 0.3 is 12.2 Å². The van der Waals surface area contributed by atoms with E-state index in [1.165, 1.54) is 10.5 Å². The average molecular weight is 759 g/mol. The van der Waals surface area contributed by atoms with E-state index < -0.39 is 18.8 Å². The quantitative estimate of drug-likeness (QED) is 0.123. The zero-order chi connectivity index (χ0) is 31.0. The average Bonchev–Trinajstić information content (AvgIpc) is 2.97. The number of piperidine rings is 1. The van der Waals surface area contributed by atoms with E-state index in [1.807, 2.05) is 0 Å². The van der Waals surface area contributed by atoms with Gasteiger partial charge in [-0.15, -0.1) is 20.7 Å². The number of hydrogen-bond donors (Lipinski definition) is 2. The Labute approximate surface area is 270 Å². The van der Waals surface area contributed by atoms with Gasteiger partial charge < -0.3 is 15.5 Å². The van der Waals surface area contributed by atoms with E-state index >= 15 is 0 Å². The van der Waals surface area contributed by atoms with E-state index in [1.54, 1.807) is 29.7 Å². The number of nitrogens with one attached hydrogen (secondary N) is 2. The third-order valence-electron chi connectivity index (χ3n) is 7.85. The summed E-state index contributed by atoms with van der Waals surface area (Å²) < 4.78 is 56.6. The van der Waals surface area contributed by atoms with Crippen molar-refractivity contribution in [3.05, 3.63) is 57.5 Å². The fourth-order valence-electron chi connectivity index (χ4n) is 5.73. The van der Waals surface area contributed by atoms with Gasteiger partial charge in [-0.1, -0.05) is 33.8 Å². The van der Waals surface area contributed by atoms with Crippen molar-refractivity contribution in [2.24, 2.45) is 0 Å². The molecular formula is C29H37Cl2F4IN6O. The van der Waals surface area contributed by atoms with Crippen molar-refractivity contribution >= 4 is 60.3 Å². The van der Waals surface area contributed by atoms with Crippen LogP contribution in [-0.4, -0.2) is 87.3 Å². The van der Waals surface area contributed by atoms with Gasteiger partial charge in [-0.25, -0.2) is 14.2 Å². The van der Waals surface area contributed by atoms with E-state index in [9.17, 15) is 22.4 Å². The first-order valence-corrected chi connectivity index (χ1v) is 18.1. The van der Waals surface area contributed by atoms with Gasteiger partial charge in [0, 0.05) is 61.6 Å². The number of alkyl halides is 4. The van der Waals surface area contributed by atoms with E-state index in [0.717, 1.165) is 58.4 Å². The number of carbonyl (C=O) groups excluding carboxylic acids is 1. The maximum absolute atomic E-state index is 14.3. The van der Waals surface area contributed by atoms with Gasteiger partial charge in [0.25, 0.3) is 0 Å². The fraction of sp³-hybridized carbons (Fsp3) is 0.552. The summed E-state index contributed by atoms with van der Waals surface area (Å²) in [5.74, 6) is 0.406. The first kappa shape index (κ1) is 34.1. The zero-order valence-electron chi connectivity index (χ0n) is 23.8. The number of aromatic nitrogens is 1. The molecule has 2 aliphatic rings. The first-order valence-electron chi connectivity index (χ1n) is 14.2. The standard InChI is InChI=1S/C29H37Cl2F4IN6O/c1-36-8-2-3-24-18-41(27-25(31)13-20(15-37-27)16-38-28(43)39-19-29(33,34)35)11-12-42(24)23-6-9-40(10-7-23)17-21-4-5-22(30)14-26(21)32/h4-5,13-15,23-24H,1-3,6-12,16-19H2,(H2,38,39,43)/t24-/m0/s1. The molecule has 43 heavy (non-hydrogen) atoms. The second-order valence-electron chi connectivity index (χ2n) is 10.9. The summed E-state index contributed by atoms with van der Waals surface area (Å²) in [5, 5.41) is 5.02. The van der Waals surface area contributed by atoms with Crippen LogP contribution in [0, 0.1) is 5.82 Å². The number of rotatable bonds is 11. The molecule has 2 saturated heterocycles. The number of carbonyl (C=O) groups is 1. The summed E-state index contributed by atoms with van der Waals surface area (Å²) in [6.07, 6.45) is 1.35. The lowest BCUT2D eigenvalue weighted by Gasteiger charge is -2.48. The molecule has 2 amide bonds. The Balaban J connectivity index is 1.33.